The van der Waals surface area contributed by atoms with E-state index in [4.69, 9.17) is 4.74 Å². The monoisotopic (exact) mass is 412 g/mol. The molecule has 1 heterocycles. The smallest absolute Gasteiger partial charge is 0.335 e. The number of carboxylic acid groups (broad SMARTS) is 1. The number of urea groups is 1. The highest BCUT2D eigenvalue weighted by molar-refractivity contribution is 7.91. The lowest BCUT2D eigenvalue weighted by Crippen LogP contribution is -2.52. The van der Waals surface area contributed by atoms with Crippen LogP contribution in [0.1, 0.15) is 13.8 Å². The summed E-state index contributed by atoms with van der Waals surface area (Å²) in [7, 11) is -2.89. The van der Waals surface area contributed by atoms with Gasteiger partial charge in [-0.25, -0.2) is 17.9 Å². The molecule has 28 heavy (non-hydrogen) atoms. The minimum Gasteiger partial charge on any atom is -0.481 e. The lowest BCUT2D eigenvalue weighted by Gasteiger charge is -2.31. The summed E-state index contributed by atoms with van der Waals surface area (Å²) in [6.07, 6.45) is 5.27. The number of aliphatic carboxylic acids is 1. The summed E-state index contributed by atoms with van der Waals surface area (Å²) in [6, 6.07) is -1.23. The molecule has 2 atom stereocenters. The molecule has 0 spiro atoms. The first kappa shape index (κ1) is 21.1. The molecule has 13 heteroatoms. The third-order valence-electron chi connectivity index (χ3n) is 3.87. The SMILES string of the molecule is CCOc1nc(NC)nc(NC(=O)NS(=O)(=O)C2(C)C=CC=CC2C(=O)O)n1. The second-order valence-corrected chi connectivity index (χ2v) is 7.84. The van der Waals surface area contributed by atoms with E-state index in [1.165, 1.54) is 38.3 Å². The number of carboxylic acids is 1. The van der Waals surface area contributed by atoms with Gasteiger partial charge in [0.1, 0.15) is 4.75 Å². The van der Waals surface area contributed by atoms with Crippen LogP contribution in [0.4, 0.5) is 16.7 Å². The van der Waals surface area contributed by atoms with Gasteiger partial charge in [0.25, 0.3) is 0 Å². The number of hydrogen-bond acceptors (Lipinski definition) is 9. The number of sulfonamides is 1. The zero-order chi connectivity index (χ0) is 20.9. The molecule has 0 bridgehead atoms. The predicted octanol–water partition coefficient (Wildman–Crippen LogP) is 0.349. The van der Waals surface area contributed by atoms with E-state index in [1.807, 2.05) is 0 Å². The minimum absolute atomic E-state index is 0.0711. The highest BCUT2D eigenvalue weighted by Gasteiger charge is 2.48. The van der Waals surface area contributed by atoms with Gasteiger partial charge in [0.2, 0.25) is 21.9 Å². The van der Waals surface area contributed by atoms with Crippen LogP contribution >= 0.6 is 0 Å². The first-order valence-corrected chi connectivity index (χ1v) is 9.60. The number of nitrogens with one attached hydrogen (secondary N) is 3. The lowest BCUT2D eigenvalue weighted by molar-refractivity contribution is -0.140. The van der Waals surface area contributed by atoms with Crippen LogP contribution in [-0.2, 0) is 14.8 Å². The minimum atomic E-state index is -4.43. The van der Waals surface area contributed by atoms with Crippen molar-refractivity contribution in [2.24, 2.45) is 5.92 Å². The number of aromatic nitrogens is 3. The molecule has 1 aliphatic rings. The van der Waals surface area contributed by atoms with Gasteiger partial charge in [-0.15, -0.1) is 0 Å². The highest BCUT2D eigenvalue weighted by atomic mass is 32.2. The van der Waals surface area contributed by atoms with Gasteiger partial charge in [0, 0.05) is 7.05 Å². The number of hydrogen-bond donors (Lipinski definition) is 4. The molecule has 1 aliphatic carbocycles. The number of carbonyl (C=O) groups is 2. The molecule has 0 fully saturated rings. The number of allylic oxidation sites excluding steroid dienone is 2. The highest BCUT2D eigenvalue weighted by Crippen LogP contribution is 2.32. The van der Waals surface area contributed by atoms with Gasteiger partial charge >= 0.3 is 18.0 Å². The quantitative estimate of drug-likeness (QED) is 0.489. The van der Waals surface area contributed by atoms with Crippen molar-refractivity contribution in [2.75, 3.05) is 24.3 Å². The molecular formula is C15H20N6O6S. The molecule has 0 radical (unpaired) electrons. The van der Waals surface area contributed by atoms with Crippen molar-refractivity contribution in [3.63, 3.8) is 0 Å². The molecule has 152 valence electrons. The van der Waals surface area contributed by atoms with Crippen LogP contribution in [0.2, 0.25) is 0 Å². The third-order valence-corrected chi connectivity index (χ3v) is 5.87. The number of ether oxygens (including phenoxy) is 1. The van der Waals surface area contributed by atoms with Crippen LogP contribution < -0.4 is 20.1 Å². The van der Waals surface area contributed by atoms with Crippen molar-refractivity contribution in [2.45, 2.75) is 18.6 Å². The van der Waals surface area contributed by atoms with Crippen molar-refractivity contribution < 1.29 is 27.9 Å². The Morgan fingerprint density at radius 2 is 1.93 bits per heavy atom. The molecule has 0 aliphatic heterocycles. The Bertz CT molecular complexity index is 931. The zero-order valence-electron chi connectivity index (χ0n) is 15.3. The second kappa shape index (κ2) is 8.21. The average Bonchev–Trinajstić information content (AvgIpc) is 2.61. The van der Waals surface area contributed by atoms with Gasteiger partial charge < -0.3 is 15.2 Å². The van der Waals surface area contributed by atoms with Crippen LogP contribution in [0.15, 0.2) is 24.3 Å². The first-order chi connectivity index (χ1) is 13.1. The summed E-state index contributed by atoms with van der Waals surface area (Å²) in [5.41, 5.74) is 0. The van der Waals surface area contributed by atoms with Crippen LogP contribution in [-0.4, -0.2) is 58.9 Å². The molecule has 1 aromatic rings. The van der Waals surface area contributed by atoms with Crippen molar-refractivity contribution in [1.29, 1.82) is 0 Å². The van der Waals surface area contributed by atoms with Crippen molar-refractivity contribution >= 4 is 33.9 Å². The van der Waals surface area contributed by atoms with Crippen molar-refractivity contribution in [3.05, 3.63) is 24.3 Å². The Morgan fingerprint density at radius 3 is 2.54 bits per heavy atom. The molecule has 1 aromatic heterocycles. The van der Waals surface area contributed by atoms with Crippen LogP contribution in [0.5, 0.6) is 6.01 Å². The molecule has 12 nitrogen and oxygen atoms in total. The molecule has 4 N–H and O–H groups in total. The summed E-state index contributed by atoms with van der Waals surface area (Å²) >= 11 is 0. The number of amides is 2. The third kappa shape index (κ3) is 4.36. The van der Waals surface area contributed by atoms with Crippen LogP contribution in [0.3, 0.4) is 0 Å². The Hall–Kier alpha value is -3.22. The van der Waals surface area contributed by atoms with E-state index >= 15 is 0 Å². The zero-order valence-corrected chi connectivity index (χ0v) is 16.1. The summed E-state index contributed by atoms with van der Waals surface area (Å²) in [6.45, 7) is 3.18. The summed E-state index contributed by atoms with van der Waals surface area (Å²) < 4.78 is 30.5. The van der Waals surface area contributed by atoms with E-state index in [2.05, 4.69) is 25.6 Å². The Labute approximate surface area is 161 Å². The molecule has 0 saturated heterocycles. The largest absolute Gasteiger partial charge is 0.481 e. The van der Waals surface area contributed by atoms with Crippen LogP contribution in [0.25, 0.3) is 0 Å². The number of anilines is 2. The standard InChI is InChI=1S/C15H20N6O6S/c1-4-27-14-19-11(16-3)17-12(20-14)18-13(24)21-28(25,26)15(2)8-6-5-7-9(15)10(22)23/h5-9H,4H2,1-3H3,(H,22,23)(H3,16,17,18,19,20,21,24). The number of rotatable bonds is 7. The molecule has 0 saturated carbocycles. The predicted molar refractivity (Wildman–Crippen MR) is 99.4 cm³/mol. The molecular weight excluding hydrogens is 392 g/mol. The topological polar surface area (TPSA) is 172 Å². The van der Waals surface area contributed by atoms with Gasteiger partial charge in [0.15, 0.2) is 0 Å². The van der Waals surface area contributed by atoms with Crippen molar-refractivity contribution in [1.82, 2.24) is 19.7 Å². The van der Waals surface area contributed by atoms with E-state index in [-0.39, 0.29) is 24.5 Å². The summed E-state index contributed by atoms with van der Waals surface area (Å²) in [5.74, 6) is -2.88. The fraction of sp³-hybridized carbons (Fsp3) is 0.400. The van der Waals surface area contributed by atoms with E-state index in [1.54, 1.807) is 11.6 Å². The Balaban J connectivity index is 2.22. The summed E-state index contributed by atoms with van der Waals surface area (Å²) in [5, 5.41) is 14.1. The van der Waals surface area contributed by atoms with E-state index < -0.39 is 32.7 Å². The molecule has 0 aromatic carbocycles. The van der Waals surface area contributed by atoms with Crippen molar-refractivity contribution in [3.8, 4) is 6.01 Å². The normalized spacial score (nSPS) is 21.0. The Morgan fingerprint density at radius 1 is 1.25 bits per heavy atom. The molecule has 2 amide bonds. The maximum Gasteiger partial charge on any atom is 0.335 e. The second-order valence-electron chi connectivity index (χ2n) is 5.75. The van der Waals surface area contributed by atoms with E-state index in [0.717, 1.165) is 0 Å². The van der Waals surface area contributed by atoms with Gasteiger partial charge in [-0.05, 0) is 13.8 Å². The van der Waals surface area contributed by atoms with Gasteiger partial charge in [0.05, 0.1) is 12.5 Å². The van der Waals surface area contributed by atoms with E-state index in [9.17, 15) is 23.1 Å². The first-order valence-electron chi connectivity index (χ1n) is 8.11. The Kier molecular flexibility index (Phi) is 6.18. The lowest BCUT2D eigenvalue weighted by atomic mass is 9.89. The molecule has 2 rings (SSSR count). The molecule has 2 unspecified atom stereocenters. The van der Waals surface area contributed by atoms with Gasteiger partial charge in [-0.1, -0.05) is 24.3 Å². The van der Waals surface area contributed by atoms with Gasteiger partial charge in [-0.2, -0.15) is 15.0 Å². The summed E-state index contributed by atoms with van der Waals surface area (Å²) in [4.78, 5) is 35.3. The number of carbonyl (C=O) groups excluding carboxylic acids is 1. The maximum absolute atomic E-state index is 12.7. The fourth-order valence-corrected chi connectivity index (χ4v) is 3.66. The van der Waals surface area contributed by atoms with E-state index in [0.29, 0.717) is 0 Å². The van der Waals surface area contributed by atoms with Gasteiger partial charge in [-0.3, -0.25) is 10.1 Å². The average molecular weight is 412 g/mol. The maximum atomic E-state index is 12.7. The fourth-order valence-electron chi connectivity index (χ4n) is 2.38. The van der Waals surface area contributed by atoms with Crippen LogP contribution in [0, 0.1) is 5.92 Å². The number of nitrogens with zero attached hydrogens (tertiary/aromatic N) is 3.